The van der Waals surface area contributed by atoms with E-state index in [2.05, 4.69) is 15.9 Å². The van der Waals surface area contributed by atoms with Crippen LogP contribution in [0.15, 0.2) is 53.0 Å². The van der Waals surface area contributed by atoms with Crippen LogP contribution < -0.4 is 4.74 Å². The summed E-state index contributed by atoms with van der Waals surface area (Å²) in [5.74, 6) is -0.211. The van der Waals surface area contributed by atoms with E-state index in [-0.39, 0.29) is 18.6 Å². The molecule has 5 nitrogen and oxygen atoms in total. The molecule has 0 saturated carbocycles. The van der Waals surface area contributed by atoms with E-state index in [0.717, 1.165) is 15.6 Å². The molecule has 0 bridgehead atoms. The smallest absolute Gasteiger partial charge is 0.417 e. The van der Waals surface area contributed by atoms with Gasteiger partial charge in [0, 0.05) is 10.0 Å². The molecule has 1 saturated heterocycles. The summed E-state index contributed by atoms with van der Waals surface area (Å²) in [4.78, 5) is 26.6. The van der Waals surface area contributed by atoms with Gasteiger partial charge >= 0.3 is 6.09 Å². The van der Waals surface area contributed by atoms with E-state index in [9.17, 15) is 9.59 Å². The van der Waals surface area contributed by atoms with Gasteiger partial charge in [0.2, 0.25) is 5.91 Å². The van der Waals surface area contributed by atoms with Crippen LogP contribution in [0.5, 0.6) is 5.75 Å². The summed E-state index contributed by atoms with van der Waals surface area (Å²) in [7, 11) is 1.56. The Labute approximate surface area is 161 Å². The molecule has 0 N–H and O–H groups in total. The van der Waals surface area contributed by atoms with Gasteiger partial charge < -0.3 is 9.47 Å². The Balaban J connectivity index is 1.84. The Morgan fingerprint density at radius 3 is 2.73 bits per heavy atom. The van der Waals surface area contributed by atoms with Crippen molar-refractivity contribution in [2.75, 3.05) is 13.7 Å². The average Bonchev–Trinajstić information content (AvgIpc) is 3.01. The molecule has 26 heavy (non-hydrogen) atoms. The van der Waals surface area contributed by atoms with Crippen molar-refractivity contribution < 1.29 is 19.1 Å². The maximum Gasteiger partial charge on any atom is 0.417 e. The van der Waals surface area contributed by atoms with E-state index in [1.165, 1.54) is 4.90 Å². The van der Waals surface area contributed by atoms with E-state index in [1.807, 2.05) is 42.5 Å². The molecule has 1 fully saturated rings. The Bertz CT molecular complexity index is 809. The van der Waals surface area contributed by atoms with Gasteiger partial charge in [-0.3, -0.25) is 4.79 Å². The lowest BCUT2D eigenvalue weighted by Gasteiger charge is -2.24. The zero-order chi connectivity index (χ0) is 18.7. The molecule has 1 heterocycles. The number of nitrogens with zero attached hydrogens (tertiary/aromatic N) is 1. The predicted octanol–water partition coefficient (Wildman–Crippen LogP) is 4.15. The van der Waals surface area contributed by atoms with Gasteiger partial charge in [-0.25, -0.2) is 9.69 Å². The number of rotatable bonds is 5. The van der Waals surface area contributed by atoms with Gasteiger partial charge in [0.25, 0.3) is 0 Å². The number of methoxy groups -OCH3 is 1. The number of amides is 2. The van der Waals surface area contributed by atoms with Crippen LogP contribution in [0.2, 0.25) is 0 Å². The van der Waals surface area contributed by atoms with Crippen molar-refractivity contribution in [2.45, 2.75) is 25.3 Å². The van der Waals surface area contributed by atoms with E-state index in [0.29, 0.717) is 12.2 Å². The van der Waals surface area contributed by atoms with Crippen molar-refractivity contribution in [3.63, 3.8) is 0 Å². The number of benzene rings is 2. The minimum atomic E-state index is -0.586. The van der Waals surface area contributed by atoms with Crippen LogP contribution in [0.25, 0.3) is 0 Å². The Kier molecular flexibility index (Phi) is 5.61. The molecule has 0 aromatic heterocycles. The topological polar surface area (TPSA) is 55.8 Å². The molecule has 0 spiro atoms. The molecule has 0 unspecified atom stereocenters. The third kappa shape index (κ3) is 3.75. The van der Waals surface area contributed by atoms with Crippen LogP contribution in [-0.4, -0.2) is 36.7 Å². The molecule has 2 atom stereocenters. The quantitative estimate of drug-likeness (QED) is 0.732. The number of carbonyl (C=O) groups excluding carboxylic acids is 2. The lowest BCUT2D eigenvalue weighted by atomic mass is 9.97. The van der Waals surface area contributed by atoms with Crippen molar-refractivity contribution >= 4 is 27.9 Å². The summed E-state index contributed by atoms with van der Waals surface area (Å²) in [6, 6.07) is 15.0. The summed E-state index contributed by atoms with van der Waals surface area (Å²) in [6.45, 7) is 1.99. The third-order valence-corrected chi connectivity index (χ3v) is 5.03. The fraction of sp³-hybridized carbons (Fsp3) is 0.300. The number of hydrogen-bond donors (Lipinski definition) is 0. The van der Waals surface area contributed by atoms with Gasteiger partial charge in [0.05, 0.1) is 19.1 Å². The monoisotopic (exact) mass is 417 g/mol. The third-order valence-electron chi connectivity index (χ3n) is 4.54. The first-order valence-corrected chi connectivity index (χ1v) is 9.17. The standard InChI is InChI=1S/C20H20BrNO4/c1-13(17-11-15(21)8-9-18(17)25-2)19(23)22-16(12-26-20(22)24)10-14-6-4-3-5-7-14/h3-9,11,13,16H,10,12H2,1-2H3/t13-,16-/m0/s1. The van der Waals surface area contributed by atoms with Crippen LogP contribution in [-0.2, 0) is 16.0 Å². The van der Waals surface area contributed by atoms with Crippen LogP contribution in [0.1, 0.15) is 24.0 Å². The lowest BCUT2D eigenvalue weighted by Crippen LogP contribution is -2.42. The molecular weight excluding hydrogens is 398 g/mol. The summed E-state index contributed by atoms with van der Waals surface area (Å²) in [5, 5.41) is 0. The van der Waals surface area contributed by atoms with Crippen LogP contribution in [0, 0.1) is 0 Å². The number of carbonyl (C=O) groups is 2. The fourth-order valence-corrected chi connectivity index (χ4v) is 3.53. The van der Waals surface area contributed by atoms with Gasteiger partial charge in [0.15, 0.2) is 0 Å². The molecule has 2 aromatic rings. The van der Waals surface area contributed by atoms with Gasteiger partial charge in [-0.1, -0.05) is 46.3 Å². The molecule has 2 amide bonds. The van der Waals surface area contributed by atoms with Crippen molar-refractivity contribution in [1.29, 1.82) is 0 Å². The normalized spacial score (nSPS) is 17.7. The molecule has 6 heteroatoms. The second kappa shape index (κ2) is 7.91. The fourth-order valence-electron chi connectivity index (χ4n) is 3.15. The SMILES string of the molecule is COc1ccc(Br)cc1[C@H](C)C(=O)N1C(=O)OC[C@@H]1Cc1ccccc1. The highest BCUT2D eigenvalue weighted by Gasteiger charge is 2.40. The van der Waals surface area contributed by atoms with Crippen LogP contribution >= 0.6 is 15.9 Å². The Morgan fingerprint density at radius 2 is 2.04 bits per heavy atom. The zero-order valence-electron chi connectivity index (χ0n) is 14.6. The minimum absolute atomic E-state index is 0.210. The van der Waals surface area contributed by atoms with Gasteiger partial charge in [-0.2, -0.15) is 0 Å². The first-order valence-electron chi connectivity index (χ1n) is 8.38. The van der Waals surface area contributed by atoms with Crippen molar-refractivity contribution in [3.8, 4) is 5.75 Å². The number of halogens is 1. The number of cyclic esters (lactones) is 1. The summed E-state index contributed by atoms with van der Waals surface area (Å²) < 4.78 is 11.4. The van der Waals surface area contributed by atoms with Crippen LogP contribution in [0.4, 0.5) is 4.79 Å². The molecule has 3 rings (SSSR count). The van der Waals surface area contributed by atoms with Crippen molar-refractivity contribution in [3.05, 3.63) is 64.1 Å². The van der Waals surface area contributed by atoms with E-state index in [1.54, 1.807) is 20.1 Å². The highest BCUT2D eigenvalue weighted by Crippen LogP contribution is 2.32. The highest BCUT2D eigenvalue weighted by atomic mass is 79.9. The second-order valence-corrected chi connectivity index (χ2v) is 7.15. The maximum atomic E-state index is 13.1. The molecule has 136 valence electrons. The first kappa shape index (κ1) is 18.5. The lowest BCUT2D eigenvalue weighted by molar-refractivity contribution is -0.130. The molecular formula is C20H20BrNO4. The molecule has 0 radical (unpaired) electrons. The van der Waals surface area contributed by atoms with Crippen molar-refractivity contribution in [2.24, 2.45) is 0 Å². The molecule has 0 aliphatic carbocycles. The van der Waals surface area contributed by atoms with Gasteiger partial charge in [-0.15, -0.1) is 0 Å². The second-order valence-electron chi connectivity index (χ2n) is 6.24. The number of ether oxygens (including phenoxy) is 2. The van der Waals surface area contributed by atoms with E-state index < -0.39 is 12.0 Å². The highest BCUT2D eigenvalue weighted by molar-refractivity contribution is 9.10. The van der Waals surface area contributed by atoms with E-state index >= 15 is 0 Å². The van der Waals surface area contributed by atoms with Crippen LogP contribution in [0.3, 0.4) is 0 Å². The van der Waals surface area contributed by atoms with Gasteiger partial charge in [-0.05, 0) is 37.1 Å². The predicted molar refractivity (Wildman–Crippen MR) is 101 cm³/mol. The largest absolute Gasteiger partial charge is 0.496 e. The molecule has 2 aromatic carbocycles. The summed E-state index contributed by atoms with van der Waals surface area (Å²) >= 11 is 3.42. The minimum Gasteiger partial charge on any atom is -0.496 e. The Morgan fingerprint density at radius 1 is 1.31 bits per heavy atom. The summed E-state index contributed by atoms with van der Waals surface area (Å²) in [6.07, 6.45) is -0.0162. The number of hydrogen-bond acceptors (Lipinski definition) is 4. The Hall–Kier alpha value is -2.34. The average molecular weight is 418 g/mol. The maximum absolute atomic E-state index is 13.1. The first-order chi connectivity index (χ1) is 12.5. The zero-order valence-corrected chi connectivity index (χ0v) is 16.2. The molecule has 1 aliphatic heterocycles. The van der Waals surface area contributed by atoms with E-state index in [4.69, 9.17) is 9.47 Å². The van der Waals surface area contributed by atoms with Gasteiger partial charge in [0.1, 0.15) is 12.4 Å². The molecule has 1 aliphatic rings. The summed E-state index contributed by atoms with van der Waals surface area (Å²) in [5.41, 5.74) is 1.78. The van der Waals surface area contributed by atoms with Crippen molar-refractivity contribution in [1.82, 2.24) is 4.90 Å². The number of imide groups is 1.